The normalized spacial score (nSPS) is 12.2. The van der Waals surface area contributed by atoms with Gasteiger partial charge in [-0.3, -0.25) is 9.59 Å². The summed E-state index contributed by atoms with van der Waals surface area (Å²) in [5, 5.41) is 2.40. The molecule has 138 valence electrons. The van der Waals surface area contributed by atoms with Crippen LogP contribution in [-0.2, 0) is 36.5 Å². The summed E-state index contributed by atoms with van der Waals surface area (Å²) in [6.07, 6.45) is -4.85. The fraction of sp³-hybridized carbons (Fsp3) is 0.438. The average Bonchev–Trinajstić information content (AvgIpc) is 2.58. The van der Waals surface area contributed by atoms with Gasteiger partial charge in [0.25, 0.3) is 0 Å². The van der Waals surface area contributed by atoms with Crippen molar-refractivity contribution < 1.29 is 37.0 Å². The second kappa shape index (κ2) is 9.05. The number of nitrogens with one attached hydrogen (secondary N) is 1. The molecule has 0 aliphatic rings. The molecule has 25 heavy (non-hydrogen) atoms. The van der Waals surface area contributed by atoms with Gasteiger partial charge >= 0.3 is 18.1 Å². The minimum Gasteiger partial charge on any atom is -0.469 e. The van der Waals surface area contributed by atoms with Gasteiger partial charge in [0.2, 0.25) is 5.91 Å². The second-order valence-corrected chi connectivity index (χ2v) is 5.12. The van der Waals surface area contributed by atoms with Crippen LogP contribution in [0.5, 0.6) is 0 Å². The van der Waals surface area contributed by atoms with Gasteiger partial charge in [-0.25, -0.2) is 4.79 Å². The summed E-state index contributed by atoms with van der Waals surface area (Å²) >= 11 is 0. The Morgan fingerprint density at radius 1 is 1.04 bits per heavy atom. The van der Waals surface area contributed by atoms with Crippen LogP contribution in [0.1, 0.15) is 24.0 Å². The summed E-state index contributed by atoms with van der Waals surface area (Å²) in [5.41, 5.74) is -0.398. The molecular formula is C16H18F3NO5. The first kappa shape index (κ1) is 20.5. The van der Waals surface area contributed by atoms with Crippen LogP contribution in [0, 0.1) is 0 Å². The van der Waals surface area contributed by atoms with Crippen molar-refractivity contribution in [2.45, 2.75) is 31.5 Å². The van der Waals surface area contributed by atoms with Crippen LogP contribution in [-0.4, -0.2) is 38.1 Å². The lowest BCUT2D eigenvalue weighted by Crippen LogP contribution is -2.43. The minimum atomic E-state index is -4.46. The Balaban J connectivity index is 2.74. The van der Waals surface area contributed by atoms with Crippen LogP contribution in [0.3, 0.4) is 0 Å². The van der Waals surface area contributed by atoms with Gasteiger partial charge in [0, 0.05) is 12.8 Å². The molecule has 0 heterocycles. The van der Waals surface area contributed by atoms with Gasteiger partial charge < -0.3 is 14.8 Å². The maximum absolute atomic E-state index is 12.5. The Morgan fingerprint density at radius 3 is 2.12 bits per heavy atom. The van der Waals surface area contributed by atoms with Gasteiger partial charge in [0.1, 0.15) is 6.04 Å². The highest BCUT2D eigenvalue weighted by Crippen LogP contribution is 2.29. The van der Waals surface area contributed by atoms with E-state index in [1.165, 1.54) is 19.2 Å². The molecular weight excluding hydrogens is 343 g/mol. The van der Waals surface area contributed by atoms with Crippen molar-refractivity contribution in [3.63, 3.8) is 0 Å². The average molecular weight is 361 g/mol. The van der Waals surface area contributed by atoms with Crippen molar-refractivity contribution in [2.24, 2.45) is 0 Å². The number of rotatable bonds is 7. The van der Waals surface area contributed by atoms with E-state index in [1.807, 2.05) is 0 Å². The second-order valence-electron chi connectivity index (χ2n) is 5.12. The fourth-order valence-electron chi connectivity index (χ4n) is 1.99. The van der Waals surface area contributed by atoms with E-state index in [4.69, 9.17) is 0 Å². The Morgan fingerprint density at radius 2 is 1.64 bits per heavy atom. The molecule has 1 N–H and O–H groups in total. The minimum absolute atomic E-state index is 0.0469. The third-order valence-corrected chi connectivity index (χ3v) is 3.33. The number of carbonyl (C=O) groups excluding carboxylic acids is 3. The number of ether oxygens (including phenoxy) is 2. The standard InChI is InChI=1S/C16H18F3NO5/c1-24-14(22)8-7-13(21)20-12(15(23)25-2)9-10-3-5-11(6-4-10)16(17,18)19/h3-6,12H,7-9H2,1-2H3,(H,20,21)/t12-/m1/s1. The van der Waals surface area contributed by atoms with Crippen LogP contribution < -0.4 is 5.32 Å². The van der Waals surface area contributed by atoms with Crippen LogP contribution in [0.4, 0.5) is 13.2 Å². The molecule has 0 radical (unpaired) electrons. The van der Waals surface area contributed by atoms with E-state index in [1.54, 1.807) is 0 Å². The van der Waals surface area contributed by atoms with E-state index >= 15 is 0 Å². The quantitative estimate of drug-likeness (QED) is 0.750. The maximum atomic E-state index is 12.5. The van der Waals surface area contributed by atoms with E-state index in [2.05, 4.69) is 14.8 Å². The first-order valence-electron chi connectivity index (χ1n) is 7.27. The summed E-state index contributed by atoms with van der Waals surface area (Å²) in [7, 11) is 2.31. The highest BCUT2D eigenvalue weighted by molar-refractivity contribution is 5.86. The number of esters is 2. The highest BCUT2D eigenvalue weighted by atomic mass is 19.4. The van der Waals surface area contributed by atoms with E-state index < -0.39 is 35.6 Å². The zero-order valence-corrected chi connectivity index (χ0v) is 13.7. The molecule has 6 nitrogen and oxygen atoms in total. The number of alkyl halides is 3. The lowest BCUT2D eigenvalue weighted by atomic mass is 10.0. The van der Waals surface area contributed by atoms with Crippen LogP contribution >= 0.6 is 0 Å². The largest absolute Gasteiger partial charge is 0.469 e. The SMILES string of the molecule is COC(=O)CCC(=O)N[C@H](Cc1ccc(C(F)(F)F)cc1)C(=O)OC. The highest BCUT2D eigenvalue weighted by Gasteiger charge is 2.30. The molecule has 1 aromatic rings. The first-order valence-corrected chi connectivity index (χ1v) is 7.27. The molecule has 0 unspecified atom stereocenters. The van der Waals surface area contributed by atoms with Crippen LogP contribution in [0.2, 0.25) is 0 Å². The predicted octanol–water partition coefficient (Wildman–Crippen LogP) is 1.86. The smallest absolute Gasteiger partial charge is 0.416 e. The van der Waals surface area contributed by atoms with Crippen molar-refractivity contribution in [3.05, 3.63) is 35.4 Å². The molecule has 0 aliphatic heterocycles. The molecule has 0 fully saturated rings. The summed E-state index contributed by atoms with van der Waals surface area (Å²) in [5.74, 6) is -1.90. The molecule has 0 bridgehead atoms. The molecule has 1 aromatic carbocycles. The molecule has 9 heteroatoms. The fourth-order valence-corrected chi connectivity index (χ4v) is 1.99. The maximum Gasteiger partial charge on any atom is 0.416 e. The van der Waals surface area contributed by atoms with Crippen molar-refractivity contribution in [1.29, 1.82) is 0 Å². The number of halogens is 3. The number of carbonyl (C=O) groups is 3. The van der Waals surface area contributed by atoms with Crippen LogP contribution in [0.25, 0.3) is 0 Å². The van der Waals surface area contributed by atoms with Gasteiger partial charge in [-0.05, 0) is 17.7 Å². The Bertz CT molecular complexity index is 613. The van der Waals surface area contributed by atoms with Gasteiger partial charge in [-0.15, -0.1) is 0 Å². The number of hydrogen-bond acceptors (Lipinski definition) is 5. The summed E-state index contributed by atoms with van der Waals surface area (Å²) in [6.45, 7) is 0. The lowest BCUT2D eigenvalue weighted by Gasteiger charge is -2.17. The molecule has 0 saturated carbocycles. The zero-order chi connectivity index (χ0) is 19.0. The molecule has 1 atom stereocenters. The Labute approximate surface area is 142 Å². The summed E-state index contributed by atoms with van der Waals surface area (Å²) in [4.78, 5) is 34.6. The molecule has 1 rings (SSSR count). The molecule has 0 aromatic heterocycles. The van der Waals surface area contributed by atoms with Gasteiger partial charge in [-0.2, -0.15) is 13.2 Å². The molecule has 0 spiro atoms. The third kappa shape index (κ3) is 6.82. The Kier molecular flexibility index (Phi) is 7.41. The summed E-state index contributed by atoms with van der Waals surface area (Å²) < 4.78 is 46.6. The number of hydrogen-bond donors (Lipinski definition) is 1. The third-order valence-electron chi connectivity index (χ3n) is 3.33. The molecule has 0 saturated heterocycles. The lowest BCUT2D eigenvalue weighted by molar-refractivity contribution is -0.145. The number of benzene rings is 1. The zero-order valence-electron chi connectivity index (χ0n) is 13.7. The van der Waals surface area contributed by atoms with Crippen molar-refractivity contribution in [3.8, 4) is 0 Å². The van der Waals surface area contributed by atoms with Gasteiger partial charge in [0.05, 0.1) is 26.2 Å². The van der Waals surface area contributed by atoms with E-state index in [0.29, 0.717) is 5.56 Å². The monoisotopic (exact) mass is 361 g/mol. The van der Waals surface area contributed by atoms with Crippen molar-refractivity contribution in [2.75, 3.05) is 14.2 Å². The number of methoxy groups -OCH3 is 2. The van der Waals surface area contributed by atoms with E-state index in [9.17, 15) is 27.6 Å². The van der Waals surface area contributed by atoms with E-state index in [0.717, 1.165) is 19.2 Å². The van der Waals surface area contributed by atoms with Crippen LogP contribution in [0.15, 0.2) is 24.3 Å². The van der Waals surface area contributed by atoms with E-state index in [-0.39, 0.29) is 19.3 Å². The Hall–Kier alpha value is -2.58. The molecule has 1 amide bonds. The number of amides is 1. The molecule has 0 aliphatic carbocycles. The summed E-state index contributed by atoms with van der Waals surface area (Å²) in [6, 6.07) is 3.15. The predicted molar refractivity (Wildman–Crippen MR) is 80.3 cm³/mol. The first-order chi connectivity index (χ1) is 11.7. The van der Waals surface area contributed by atoms with Gasteiger partial charge in [-0.1, -0.05) is 12.1 Å². The van der Waals surface area contributed by atoms with Crippen molar-refractivity contribution in [1.82, 2.24) is 5.32 Å². The van der Waals surface area contributed by atoms with Crippen molar-refractivity contribution >= 4 is 17.8 Å². The topological polar surface area (TPSA) is 81.7 Å². The van der Waals surface area contributed by atoms with Gasteiger partial charge in [0.15, 0.2) is 0 Å².